The Hall–Kier alpha value is -3.30. The number of piperidine rings is 1. The zero-order chi connectivity index (χ0) is 24.8. The Kier molecular flexibility index (Phi) is 5.97. The summed E-state index contributed by atoms with van der Waals surface area (Å²) in [6.07, 6.45) is 4.00. The third-order valence-electron chi connectivity index (χ3n) is 7.03. The lowest BCUT2D eigenvalue weighted by molar-refractivity contribution is 0.0246. The Labute approximate surface area is 211 Å². The van der Waals surface area contributed by atoms with Crippen LogP contribution in [0.5, 0.6) is 0 Å². The van der Waals surface area contributed by atoms with Crippen LogP contribution in [0.1, 0.15) is 58.8 Å². The molecule has 1 N–H and O–H groups in total. The molecule has 0 amide bonds. The zero-order valence-electron chi connectivity index (χ0n) is 19.9. The lowest BCUT2D eigenvalue weighted by Crippen LogP contribution is -2.37. The van der Waals surface area contributed by atoms with Gasteiger partial charge in [0, 0.05) is 30.1 Å². The van der Waals surface area contributed by atoms with Crippen LogP contribution in [-0.4, -0.2) is 40.4 Å². The van der Waals surface area contributed by atoms with E-state index in [0.29, 0.717) is 22.4 Å². The minimum atomic E-state index is -1.15. The number of aromatic nitrogens is 2. The Balaban J connectivity index is 1.14. The van der Waals surface area contributed by atoms with Crippen LogP contribution in [0.2, 0.25) is 0 Å². The summed E-state index contributed by atoms with van der Waals surface area (Å²) in [5.41, 5.74) is 4.34. The molecule has 0 spiro atoms. The molecule has 1 saturated heterocycles. The van der Waals surface area contributed by atoms with Gasteiger partial charge in [-0.05, 0) is 50.3 Å². The Morgan fingerprint density at radius 2 is 2.00 bits per heavy atom. The molecule has 2 aliphatic rings. The number of nitrogens with zero attached hydrogens (tertiary/aromatic N) is 3. The molecule has 6 rings (SSSR count). The molecule has 2 aromatic heterocycles. The maximum absolute atomic E-state index is 14.4. The first kappa shape index (κ1) is 23.1. The predicted molar refractivity (Wildman–Crippen MR) is 135 cm³/mol. The predicted octanol–water partition coefficient (Wildman–Crippen LogP) is 6.16. The highest BCUT2D eigenvalue weighted by Gasteiger charge is 2.33. The van der Waals surface area contributed by atoms with Gasteiger partial charge in [0.15, 0.2) is 10.9 Å². The lowest BCUT2D eigenvalue weighted by Gasteiger charge is -2.31. The molecule has 36 heavy (non-hydrogen) atoms. The van der Waals surface area contributed by atoms with Crippen molar-refractivity contribution >= 4 is 32.7 Å². The zero-order valence-corrected chi connectivity index (χ0v) is 20.7. The Bertz CT molecular complexity index is 1440. The second-order valence-electron chi connectivity index (χ2n) is 9.57. The van der Waals surface area contributed by atoms with Crippen LogP contribution in [0.25, 0.3) is 21.5 Å². The van der Waals surface area contributed by atoms with E-state index < -0.39 is 11.8 Å². The molecule has 9 heteroatoms. The lowest BCUT2D eigenvalue weighted by atomic mass is 10.0. The minimum absolute atomic E-state index is 0.0633. The summed E-state index contributed by atoms with van der Waals surface area (Å²) >= 11 is 1.33. The largest absolute Gasteiger partial charge is 0.478 e. The summed E-state index contributed by atoms with van der Waals surface area (Å²) in [5.74, 6) is -0.345. The fraction of sp³-hybridized carbons (Fsp3) is 0.370. The van der Waals surface area contributed by atoms with Crippen LogP contribution < -0.4 is 4.90 Å². The number of carboxylic acid groups (broad SMARTS) is 1. The second-order valence-corrected chi connectivity index (χ2v) is 10.6. The molecular weight excluding hydrogens is 481 g/mol. The maximum atomic E-state index is 14.4. The summed E-state index contributed by atoms with van der Waals surface area (Å²) in [7, 11) is 0. The number of benzene rings is 2. The highest BCUT2D eigenvalue weighted by Crippen LogP contribution is 2.44. The van der Waals surface area contributed by atoms with E-state index in [0.717, 1.165) is 73.0 Å². The highest BCUT2D eigenvalue weighted by molar-refractivity contribution is 7.22. The number of carbonyl (C=O) groups is 1. The molecule has 1 aliphatic heterocycles. The first-order chi connectivity index (χ1) is 17.5. The number of aryl methyl sites for hydroxylation is 1. The number of ether oxygens (including phenoxy) is 1. The molecule has 2 fully saturated rings. The number of hydrogen-bond donors (Lipinski definition) is 1. The molecule has 1 saturated carbocycles. The second kappa shape index (κ2) is 9.29. The molecule has 3 heterocycles. The molecular formula is C27H26FN3O4S. The van der Waals surface area contributed by atoms with E-state index in [4.69, 9.17) is 9.26 Å². The van der Waals surface area contributed by atoms with Gasteiger partial charge in [0.2, 0.25) is 0 Å². The molecule has 4 aromatic rings. The minimum Gasteiger partial charge on any atom is -0.478 e. The summed E-state index contributed by atoms with van der Waals surface area (Å²) < 4.78 is 27.1. The molecule has 7 nitrogen and oxygen atoms in total. The van der Waals surface area contributed by atoms with Crippen LogP contribution in [0.3, 0.4) is 0 Å². The smallest absolute Gasteiger partial charge is 0.335 e. The van der Waals surface area contributed by atoms with Crippen molar-refractivity contribution < 1.29 is 23.6 Å². The van der Waals surface area contributed by atoms with Gasteiger partial charge in [0.25, 0.3) is 0 Å². The van der Waals surface area contributed by atoms with Crippen molar-refractivity contribution in [2.75, 3.05) is 18.0 Å². The van der Waals surface area contributed by atoms with Gasteiger partial charge >= 0.3 is 5.97 Å². The van der Waals surface area contributed by atoms with Gasteiger partial charge in [-0.1, -0.05) is 40.8 Å². The van der Waals surface area contributed by atoms with Crippen molar-refractivity contribution in [2.24, 2.45) is 0 Å². The number of anilines is 1. The van der Waals surface area contributed by atoms with Gasteiger partial charge in [-0.25, -0.2) is 14.2 Å². The summed E-state index contributed by atoms with van der Waals surface area (Å²) in [6.45, 7) is 4.02. The third-order valence-corrected chi connectivity index (χ3v) is 8.09. The van der Waals surface area contributed by atoms with Crippen molar-refractivity contribution in [3.8, 4) is 11.3 Å². The molecule has 0 bridgehead atoms. The molecule has 0 unspecified atom stereocenters. The van der Waals surface area contributed by atoms with Gasteiger partial charge in [0.05, 0.1) is 23.0 Å². The number of aromatic carboxylic acids is 1. The molecule has 2 aromatic carbocycles. The quantitative estimate of drug-likeness (QED) is 0.320. The van der Waals surface area contributed by atoms with Crippen molar-refractivity contribution in [2.45, 2.75) is 51.2 Å². The van der Waals surface area contributed by atoms with Crippen molar-refractivity contribution in [3.05, 3.63) is 64.7 Å². The van der Waals surface area contributed by atoms with E-state index in [1.54, 1.807) is 0 Å². The number of hydrogen-bond acceptors (Lipinski definition) is 7. The van der Waals surface area contributed by atoms with Crippen LogP contribution in [0.4, 0.5) is 9.52 Å². The molecule has 0 atom stereocenters. The standard InChI is InChI=1S/C27H26FN3O4S/c1-15-4-2-3-5-19(15)23-20(25(35-30-23)16-6-7-16)14-34-18-8-10-31(11-9-18)27-29-24-21(28)12-17(26(32)33)13-22(24)36-27/h2-5,12-13,16,18H,6-11,14H2,1H3,(H,32,33). The first-order valence-electron chi connectivity index (χ1n) is 12.2. The summed E-state index contributed by atoms with van der Waals surface area (Å²) in [6, 6.07) is 10.7. The van der Waals surface area contributed by atoms with Gasteiger partial charge in [-0.15, -0.1) is 0 Å². The van der Waals surface area contributed by atoms with Crippen LogP contribution in [0, 0.1) is 12.7 Å². The van der Waals surface area contributed by atoms with Crippen molar-refractivity contribution in [1.82, 2.24) is 10.1 Å². The van der Waals surface area contributed by atoms with Crippen LogP contribution >= 0.6 is 11.3 Å². The van der Waals surface area contributed by atoms with Crippen molar-refractivity contribution in [3.63, 3.8) is 0 Å². The van der Waals surface area contributed by atoms with E-state index in [-0.39, 0.29) is 17.2 Å². The number of thiazole rings is 1. The fourth-order valence-corrected chi connectivity index (χ4v) is 5.90. The Morgan fingerprint density at radius 3 is 2.72 bits per heavy atom. The van der Waals surface area contributed by atoms with E-state index in [1.165, 1.54) is 17.4 Å². The molecule has 1 aliphatic carbocycles. The van der Waals surface area contributed by atoms with E-state index >= 15 is 0 Å². The van der Waals surface area contributed by atoms with Gasteiger partial charge in [-0.3, -0.25) is 0 Å². The first-order valence-corrected chi connectivity index (χ1v) is 13.0. The third kappa shape index (κ3) is 4.37. The highest BCUT2D eigenvalue weighted by atomic mass is 32.1. The fourth-order valence-electron chi connectivity index (χ4n) is 4.83. The SMILES string of the molecule is Cc1ccccc1-c1noc(C2CC2)c1COC1CCN(c2nc3c(F)cc(C(=O)O)cc3s2)CC1. The van der Waals surface area contributed by atoms with Gasteiger partial charge < -0.3 is 19.3 Å². The Morgan fingerprint density at radius 1 is 1.22 bits per heavy atom. The average molecular weight is 508 g/mol. The topological polar surface area (TPSA) is 88.7 Å². The van der Waals surface area contributed by atoms with Crippen LogP contribution in [0.15, 0.2) is 40.9 Å². The van der Waals surface area contributed by atoms with Gasteiger partial charge in [-0.2, -0.15) is 0 Å². The van der Waals surface area contributed by atoms with E-state index in [2.05, 4.69) is 34.1 Å². The number of halogens is 1. The normalized spacial score (nSPS) is 16.7. The monoisotopic (exact) mass is 507 g/mol. The van der Waals surface area contributed by atoms with E-state index in [9.17, 15) is 14.3 Å². The average Bonchev–Trinajstić information content (AvgIpc) is 3.48. The number of rotatable bonds is 7. The molecule has 0 radical (unpaired) electrons. The summed E-state index contributed by atoms with van der Waals surface area (Å²) in [4.78, 5) is 17.8. The van der Waals surface area contributed by atoms with Crippen LogP contribution in [-0.2, 0) is 11.3 Å². The number of carboxylic acids is 1. The summed E-state index contributed by atoms with van der Waals surface area (Å²) in [5, 5.41) is 14.3. The maximum Gasteiger partial charge on any atom is 0.335 e. The van der Waals surface area contributed by atoms with Gasteiger partial charge in [0.1, 0.15) is 17.0 Å². The van der Waals surface area contributed by atoms with Crippen molar-refractivity contribution in [1.29, 1.82) is 0 Å². The van der Waals surface area contributed by atoms with E-state index in [1.807, 2.05) is 12.1 Å². The molecule has 186 valence electrons. The number of fused-ring (bicyclic) bond motifs is 1.